The summed E-state index contributed by atoms with van der Waals surface area (Å²) < 4.78 is 6.58. The van der Waals surface area contributed by atoms with Gasteiger partial charge in [-0.1, -0.05) is 25.4 Å². The molecule has 0 spiro atoms. The van der Waals surface area contributed by atoms with Gasteiger partial charge < -0.3 is 9.64 Å². The van der Waals surface area contributed by atoms with Crippen molar-refractivity contribution in [3.8, 4) is 5.69 Å². The van der Waals surface area contributed by atoms with Crippen molar-refractivity contribution in [2.45, 2.75) is 27.2 Å². The lowest BCUT2D eigenvalue weighted by atomic mass is 9.92. The van der Waals surface area contributed by atoms with Crippen LogP contribution in [0.3, 0.4) is 0 Å². The first-order chi connectivity index (χ1) is 13.7. The molecule has 2 aromatic rings. The first-order valence-corrected chi connectivity index (χ1v) is 9.94. The Balaban J connectivity index is 1.73. The van der Waals surface area contributed by atoms with Gasteiger partial charge >= 0.3 is 5.97 Å². The molecule has 154 valence electrons. The van der Waals surface area contributed by atoms with Crippen LogP contribution in [0.15, 0.2) is 35.1 Å². The van der Waals surface area contributed by atoms with E-state index in [1.807, 2.05) is 0 Å². The molecule has 0 unspecified atom stereocenters. The first kappa shape index (κ1) is 21.0. The summed E-state index contributed by atoms with van der Waals surface area (Å²) in [7, 11) is 0. The number of halogens is 1. The molecule has 1 aliphatic rings. The average Bonchev–Trinajstić information content (AvgIpc) is 2.66. The second kappa shape index (κ2) is 8.78. The lowest BCUT2D eigenvalue weighted by Gasteiger charge is -2.34. The van der Waals surface area contributed by atoms with Gasteiger partial charge in [0.25, 0.3) is 5.91 Å². The summed E-state index contributed by atoms with van der Waals surface area (Å²) >= 11 is 5.91. The molecule has 1 saturated heterocycles. The van der Waals surface area contributed by atoms with Crippen LogP contribution >= 0.6 is 11.6 Å². The largest absolute Gasteiger partial charge is 0.451 e. The fraction of sp³-hybridized carbons (Fsp3) is 0.429. The van der Waals surface area contributed by atoms with E-state index in [0.29, 0.717) is 41.3 Å². The molecular weight excluding hydrogens is 394 g/mol. The summed E-state index contributed by atoms with van der Waals surface area (Å²) in [6.45, 7) is 6.78. The molecule has 1 aliphatic heterocycles. The number of aromatic nitrogens is 2. The molecule has 3 rings (SSSR count). The molecule has 1 fully saturated rings. The van der Waals surface area contributed by atoms with E-state index < -0.39 is 18.0 Å². The molecule has 2 heterocycles. The number of benzene rings is 1. The number of nitrogens with zero attached hydrogens (tertiary/aromatic N) is 3. The van der Waals surface area contributed by atoms with Crippen LogP contribution in [0.2, 0.25) is 5.02 Å². The van der Waals surface area contributed by atoms with E-state index in [-0.39, 0.29) is 11.6 Å². The molecule has 7 nitrogen and oxygen atoms in total. The maximum atomic E-state index is 12.4. The van der Waals surface area contributed by atoms with Crippen molar-refractivity contribution in [1.29, 1.82) is 0 Å². The minimum Gasteiger partial charge on any atom is -0.451 e. The van der Waals surface area contributed by atoms with E-state index in [0.717, 1.165) is 6.42 Å². The van der Waals surface area contributed by atoms with Crippen molar-refractivity contribution in [3.05, 3.63) is 57.0 Å². The van der Waals surface area contributed by atoms with Crippen LogP contribution in [0.5, 0.6) is 0 Å². The Bertz CT molecular complexity index is 961. The Morgan fingerprint density at radius 3 is 2.41 bits per heavy atom. The van der Waals surface area contributed by atoms with Crippen LogP contribution in [0.25, 0.3) is 5.69 Å². The Hall–Kier alpha value is -2.67. The summed E-state index contributed by atoms with van der Waals surface area (Å²) in [5, 5.41) is 4.71. The zero-order chi connectivity index (χ0) is 21.1. The van der Waals surface area contributed by atoms with Crippen molar-refractivity contribution in [3.63, 3.8) is 0 Å². The molecule has 0 radical (unpaired) electrons. The van der Waals surface area contributed by atoms with Gasteiger partial charge in [-0.2, -0.15) is 5.10 Å². The number of amides is 1. The predicted octanol–water partition coefficient (Wildman–Crippen LogP) is 2.86. The number of hydrogen-bond donors (Lipinski definition) is 0. The van der Waals surface area contributed by atoms with Gasteiger partial charge in [-0.15, -0.1) is 0 Å². The number of carbonyl (C=O) groups excluding carboxylic acids is 2. The van der Waals surface area contributed by atoms with Crippen LogP contribution < -0.4 is 5.43 Å². The molecule has 1 amide bonds. The van der Waals surface area contributed by atoms with Gasteiger partial charge in [-0.3, -0.25) is 9.59 Å². The lowest BCUT2D eigenvalue weighted by molar-refractivity contribution is -0.137. The van der Waals surface area contributed by atoms with Gasteiger partial charge in [-0.25, -0.2) is 9.48 Å². The SMILES string of the molecule is Cc1cc(=O)c(C(=O)OCC(=O)N2C[C@H](C)C[C@@H](C)C2)nn1-c1ccc(Cl)cc1. The third kappa shape index (κ3) is 5.03. The Labute approximate surface area is 174 Å². The molecule has 1 aromatic carbocycles. The monoisotopic (exact) mass is 417 g/mol. The predicted molar refractivity (Wildman–Crippen MR) is 109 cm³/mol. The smallest absolute Gasteiger partial charge is 0.363 e. The Morgan fingerprint density at radius 2 is 1.79 bits per heavy atom. The fourth-order valence-electron chi connectivity index (χ4n) is 3.69. The zero-order valence-electron chi connectivity index (χ0n) is 16.7. The van der Waals surface area contributed by atoms with E-state index in [2.05, 4.69) is 18.9 Å². The minimum absolute atomic E-state index is 0.262. The van der Waals surface area contributed by atoms with Gasteiger partial charge in [0.2, 0.25) is 11.1 Å². The van der Waals surface area contributed by atoms with E-state index in [1.165, 1.54) is 10.7 Å². The van der Waals surface area contributed by atoms with Crippen LogP contribution in [0.1, 0.15) is 36.5 Å². The topological polar surface area (TPSA) is 81.5 Å². The average molecular weight is 418 g/mol. The summed E-state index contributed by atoms with van der Waals surface area (Å²) in [4.78, 5) is 38.8. The van der Waals surface area contributed by atoms with Gasteiger partial charge in [0.05, 0.1) is 5.69 Å². The molecule has 0 bridgehead atoms. The van der Waals surface area contributed by atoms with Gasteiger partial charge in [-0.05, 0) is 49.4 Å². The number of hydrogen-bond acceptors (Lipinski definition) is 5. The number of aryl methyl sites for hydroxylation is 1. The van der Waals surface area contributed by atoms with Crippen molar-refractivity contribution in [2.24, 2.45) is 11.8 Å². The highest BCUT2D eigenvalue weighted by atomic mass is 35.5. The second-order valence-corrected chi connectivity index (χ2v) is 8.14. The number of carbonyl (C=O) groups is 2. The summed E-state index contributed by atoms with van der Waals surface area (Å²) in [5.41, 5.74) is 0.290. The number of ether oxygens (including phenoxy) is 1. The second-order valence-electron chi connectivity index (χ2n) is 7.71. The van der Waals surface area contributed by atoms with Crippen molar-refractivity contribution in [1.82, 2.24) is 14.7 Å². The van der Waals surface area contributed by atoms with Crippen molar-refractivity contribution in [2.75, 3.05) is 19.7 Å². The van der Waals surface area contributed by atoms with Gasteiger partial charge in [0, 0.05) is 29.9 Å². The van der Waals surface area contributed by atoms with Gasteiger partial charge in [0.1, 0.15) is 0 Å². The van der Waals surface area contributed by atoms with E-state index in [4.69, 9.17) is 16.3 Å². The third-order valence-corrected chi connectivity index (χ3v) is 5.17. The van der Waals surface area contributed by atoms with E-state index in [9.17, 15) is 14.4 Å². The molecule has 8 heteroatoms. The quantitative estimate of drug-likeness (QED) is 0.714. The standard InChI is InChI=1S/C21H24ClN3O4/c1-13-8-14(2)11-24(10-13)19(27)12-29-21(28)20-18(26)9-15(3)25(23-20)17-6-4-16(22)5-7-17/h4-7,9,13-14H,8,10-12H2,1-3H3/t13-,14-/m1/s1. The molecule has 2 atom stereocenters. The van der Waals surface area contributed by atoms with Crippen LogP contribution in [0, 0.1) is 18.8 Å². The highest BCUT2D eigenvalue weighted by Crippen LogP contribution is 2.21. The molecule has 0 N–H and O–H groups in total. The van der Waals surface area contributed by atoms with E-state index in [1.54, 1.807) is 36.1 Å². The molecule has 1 aromatic heterocycles. The molecule has 0 aliphatic carbocycles. The summed E-state index contributed by atoms with van der Waals surface area (Å²) in [5.74, 6) is -0.362. The van der Waals surface area contributed by atoms with Crippen LogP contribution in [-0.4, -0.2) is 46.3 Å². The highest BCUT2D eigenvalue weighted by molar-refractivity contribution is 6.30. The third-order valence-electron chi connectivity index (χ3n) is 4.92. The van der Waals surface area contributed by atoms with E-state index >= 15 is 0 Å². The maximum absolute atomic E-state index is 12.4. The highest BCUT2D eigenvalue weighted by Gasteiger charge is 2.26. The zero-order valence-corrected chi connectivity index (χ0v) is 17.5. The summed E-state index contributed by atoms with van der Waals surface area (Å²) in [6.07, 6.45) is 1.07. The van der Waals surface area contributed by atoms with Crippen LogP contribution in [0.4, 0.5) is 0 Å². The minimum atomic E-state index is -0.913. The maximum Gasteiger partial charge on any atom is 0.363 e. The number of piperidine rings is 1. The molecular formula is C21H24ClN3O4. The normalized spacial score (nSPS) is 19.1. The number of esters is 1. The Kier molecular flexibility index (Phi) is 6.37. The molecule has 0 saturated carbocycles. The number of rotatable bonds is 4. The first-order valence-electron chi connectivity index (χ1n) is 9.56. The lowest BCUT2D eigenvalue weighted by Crippen LogP contribution is -2.44. The fourth-order valence-corrected chi connectivity index (χ4v) is 3.81. The van der Waals surface area contributed by atoms with Crippen LogP contribution in [-0.2, 0) is 9.53 Å². The van der Waals surface area contributed by atoms with Crippen molar-refractivity contribution < 1.29 is 14.3 Å². The van der Waals surface area contributed by atoms with Crippen molar-refractivity contribution >= 4 is 23.5 Å². The van der Waals surface area contributed by atoms with Gasteiger partial charge in [0.15, 0.2) is 6.61 Å². The molecule has 29 heavy (non-hydrogen) atoms. The summed E-state index contributed by atoms with van der Waals surface area (Å²) in [6, 6.07) is 8.14. The Morgan fingerprint density at radius 1 is 1.17 bits per heavy atom. The number of likely N-dealkylation sites (tertiary alicyclic amines) is 1.